The molecular weight excluding hydrogens is 368 g/mol. The van der Waals surface area contributed by atoms with Crippen molar-refractivity contribution in [2.45, 2.75) is 18.2 Å². The Balaban J connectivity index is 2.20. The molecule has 0 saturated carbocycles. The molecule has 0 N–H and O–H groups in total. The van der Waals surface area contributed by atoms with Crippen molar-refractivity contribution in [3.8, 4) is 5.75 Å². The summed E-state index contributed by atoms with van der Waals surface area (Å²) in [6, 6.07) is 14.6. The standard InChI is InChI=1S/C16H16Br2O/c1-11-6-7-13(17)10-15(11)16(18)9-12-4-3-5-14(8-12)19-2/h3-8,10,16H,9H2,1-2H3. The van der Waals surface area contributed by atoms with Crippen LogP contribution in [0.3, 0.4) is 0 Å². The Bertz CT molecular complexity index is 566. The molecule has 0 amide bonds. The van der Waals surface area contributed by atoms with E-state index < -0.39 is 0 Å². The minimum atomic E-state index is 0.303. The normalized spacial score (nSPS) is 12.2. The predicted molar refractivity (Wildman–Crippen MR) is 87.2 cm³/mol. The Hall–Kier alpha value is -0.800. The number of hydrogen-bond acceptors (Lipinski definition) is 1. The van der Waals surface area contributed by atoms with Gasteiger partial charge in [-0.2, -0.15) is 0 Å². The predicted octanol–water partition coefficient (Wildman–Crippen LogP) is 5.44. The van der Waals surface area contributed by atoms with Crippen molar-refractivity contribution in [2.75, 3.05) is 7.11 Å². The molecule has 1 unspecified atom stereocenters. The molecule has 0 aliphatic heterocycles. The maximum absolute atomic E-state index is 5.26. The summed E-state index contributed by atoms with van der Waals surface area (Å²) in [5, 5.41) is 0. The van der Waals surface area contributed by atoms with Gasteiger partial charge in [0.05, 0.1) is 7.11 Å². The Labute approximate surface area is 131 Å². The summed E-state index contributed by atoms with van der Waals surface area (Å²) in [5.74, 6) is 0.906. The topological polar surface area (TPSA) is 9.23 Å². The molecule has 2 aromatic carbocycles. The largest absolute Gasteiger partial charge is 0.497 e. The highest BCUT2D eigenvalue weighted by Gasteiger charge is 2.12. The quantitative estimate of drug-likeness (QED) is 0.638. The van der Waals surface area contributed by atoms with E-state index >= 15 is 0 Å². The zero-order valence-electron chi connectivity index (χ0n) is 11.0. The molecule has 0 bridgehead atoms. The van der Waals surface area contributed by atoms with Gasteiger partial charge in [-0.15, -0.1) is 0 Å². The fourth-order valence-corrected chi connectivity index (χ4v) is 3.31. The molecule has 0 spiro atoms. The molecule has 0 fully saturated rings. The highest BCUT2D eigenvalue weighted by molar-refractivity contribution is 9.10. The van der Waals surface area contributed by atoms with Crippen molar-refractivity contribution >= 4 is 31.9 Å². The molecule has 0 aliphatic rings. The van der Waals surface area contributed by atoms with Crippen LogP contribution in [0.25, 0.3) is 0 Å². The van der Waals surface area contributed by atoms with Crippen molar-refractivity contribution in [1.29, 1.82) is 0 Å². The monoisotopic (exact) mass is 382 g/mol. The van der Waals surface area contributed by atoms with E-state index in [4.69, 9.17) is 4.74 Å². The molecule has 2 aromatic rings. The fraction of sp³-hybridized carbons (Fsp3) is 0.250. The summed E-state index contributed by atoms with van der Waals surface area (Å²) in [5.41, 5.74) is 3.88. The van der Waals surface area contributed by atoms with Crippen LogP contribution in [0.15, 0.2) is 46.9 Å². The molecule has 0 radical (unpaired) electrons. The first kappa shape index (κ1) is 14.6. The molecule has 0 saturated heterocycles. The zero-order chi connectivity index (χ0) is 13.8. The molecule has 0 aliphatic carbocycles. The number of halogens is 2. The number of methoxy groups -OCH3 is 1. The fourth-order valence-electron chi connectivity index (χ4n) is 2.07. The summed E-state index contributed by atoms with van der Waals surface area (Å²) in [6.07, 6.45) is 0.939. The van der Waals surface area contributed by atoms with Crippen LogP contribution in [0.1, 0.15) is 21.5 Å². The zero-order valence-corrected chi connectivity index (χ0v) is 14.2. The molecule has 19 heavy (non-hydrogen) atoms. The molecule has 1 nitrogen and oxygen atoms in total. The maximum Gasteiger partial charge on any atom is 0.119 e. The molecular formula is C16H16Br2O. The summed E-state index contributed by atoms with van der Waals surface area (Å²) < 4.78 is 6.38. The van der Waals surface area contributed by atoms with Crippen LogP contribution < -0.4 is 4.74 Å². The maximum atomic E-state index is 5.26. The average Bonchev–Trinajstić information content (AvgIpc) is 2.41. The van der Waals surface area contributed by atoms with E-state index in [2.05, 4.69) is 69.1 Å². The van der Waals surface area contributed by atoms with Crippen molar-refractivity contribution in [3.05, 3.63) is 63.6 Å². The second-order valence-corrected chi connectivity index (χ2v) is 6.55. The van der Waals surface area contributed by atoms with Crippen LogP contribution in [0.5, 0.6) is 5.75 Å². The lowest BCUT2D eigenvalue weighted by Crippen LogP contribution is -1.98. The number of aryl methyl sites for hydroxylation is 1. The van der Waals surface area contributed by atoms with E-state index in [1.807, 2.05) is 12.1 Å². The molecule has 3 heteroatoms. The van der Waals surface area contributed by atoms with E-state index in [0.717, 1.165) is 16.6 Å². The van der Waals surface area contributed by atoms with Gasteiger partial charge in [0.2, 0.25) is 0 Å². The first-order valence-corrected chi connectivity index (χ1v) is 7.84. The van der Waals surface area contributed by atoms with Gasteiger partial charge in [0.15, 0.2) is 0 Å². The lowest BCUT2D eigenvalue weighted by atomic mass is 10.0. The minimum absolute atomic E-state index is 0.303. The van der Waals surface area contributed by atoms with Crippen molar-refractivity contribution in [3.63, 3.8) is 0 Å². The van der Waals surface area contributed by atoms with E-state index in [0.29, 0.717) is 4.83 Å². The summed E-state index contributed by atoms with van der Waals surface area (Å²) in [7, 11) is 1.70. The first-order valence-electron chi connectivity index (χ1n) is 6.13. The van der Waals surface area contributed by atoms with Crippen molar-refractivity contribution in [1.82, 2.24) is 0 Å². The number of ether oxygens (including phenoxy) is 1. The number of rotatable bonds is 4. The second kappa shape index (κ2) is 6.58. The SMILES string of the molecule is COc1cccc(CC(Br)c2cc(Br)ccc2C)c1. The molecule has 100 valence electrons. The molecule has 1 atom stereocenters. The Morgan fingerprint density at radius 2 is 1.95 bits per heavy atom. The van der Waals surface area contributed by atoms with Crippen molar-refractivity contribution in [2.24, 2.45) is 0 Å². The Morgan fingerprint density at radius 1 is 1.16 bits per heavy atom. The van der Waals surface area contributed by atoms with Crippen LogP contribution >= 0.6 is 31.9 Å². The van der Waals surface area contributed by atoms with Gasteiger partial charge in [-0.1, -0.05) is 50.1 Å². The lowest BCUT2D eigenvalue weighted by molar-refractivity contribution is 0.414. The van der Waals surface area contributed by atoms with Crippen LogP contribution in [0.4, 0.5) is 0 Å². The highest BCUT2D eigenvalue weighted by atomic mass is 79.9. The van der Waals surface area contributed by atoms with Crippen LogP contribution in [-0.2, 0) is 6.42 Å². The Morgan fingerprint density at radius 3 is 2.68 bits per heavy atom. The third-order valence-corrected chi connectivity index (χ3v) is 4.44. The molecule has 0 heterocycles. The van der Waals surface area contributed by atoms with Gasteiger partial charge in [0.1, 0.15) is 5.75 Å². The van der Waals surface area contributed by atoms with E-state index in [9.17, 15) is 0 Å². The smallest absolute Gasteiger partial charge is 0.119 e. The van der Waals surface area contributed by atoms with Gasteiger partial charge in [-0.05, 0) is 54.3 Å². The van der Waals surface area contributed by atoms with Gasteiger partial charge in [0.25, 0.3) is 0 Å². The van der Waals surface area contributed by atoms with Crippen LogP contribution in [0, 0.1) is 6.92 Å². The van der Waals surface area contributed by atoms with Gasteiger partial charge >= 0.3 is 0 Å². The average molecular weight is 384 g/mol. The van der Waals surface area contributed by atoms with Gasteiger partial charge < -0.3 is 4.74 Å². The molecule has 2 rings (SSSR count). The van der Waals surface area contributed by atoms with Gasteiger partial charge in [-0.25, -0.2) is 0 Å². The van der Waals surface area contributed by atoms with E-state index in [1.54, 1.807) is 7.11 Å². The summed E-state index contributed by atoms with van der Waals surface area (Å²) in [6.45, 7) is 2.14. The van der Waals surface area contributed by atoms with Crippen molar-refractivity contribution < 1.29 is 4.74 Å². The number of alkyl halides is 1. The summed E-state index contributed by atoms with van der Waals surface area (Å²) >= 11 is 7.32. The molecule has 0 aromatic heterocycles. The number of hydrogen-bond donors (Lipinski definition) is 0. The Kier molecular flexibility index (Phi) is 5.06. The van der Waals surface area contributed by atoms with Gasteiger partial charge in [-0.3, -0.25) is 0 Å². The van der Waals surface area contributed by atoms with Crippen LogP contribution in [0.2, 0.25) is 0 Å². The third-order valence-electron chi connectivity index (χ3n) is 3.13. The van der Waals surface area contributed by atoms with Crippen LogP contribution in [-0.4, -0.2) is 7.11 Å². The second-order valence-electron chi connectivity index (χ2n) is 4.52. The number of benzene rings is 2. The minimum Gasteiger partial charge on any atom is -0.497 e. The lowest BCUT2D eigenvalue weighted by Gasteiger charge is -2.14. The third kappa shape index (κ3) is 3.83. The highest BCUT2D eigenvalue weighted by Crippen LogP contribution is 2.32. The van der Waals surface area contributed by atoms with E-state index in [1.165, 1.54) is 16.7 Å². The summed E-state index contributed by atoms with van der Waals surface area (Å²) in [4.78, 5) is 0.303. The van der Waals surface area contributed by atoms with E-state index in [-0.39, 0.29) is 0 Å². The van der Waals surface area contributed by atoms with Gasteiger partial charge in [0, 0.05) is 9.30 Å². The first-order chi connectivity index (χ1) is 9.10.